The van der Waals surface area contributed by atoms with E-state index >= 15 is 14.4 Å². The van der Waals surface area contributed by atoms with Gasteiger partial charge in [0.25, 0.3) is 0 Å². The molecule has 0 radical (unpaired) electrons. The fourth-order valence-corrected chi connectivity index (χ4v) is 12.2. The summed E-state index contributed by atoms with van der Waals surface area (Å²) in [5.74, 6) is -13.9. The van der Waals surface area contributed by atoms with Gasteiger partial charge in [0, 0.05) is 55.7 Å². The number of aliphatic hydroxyl groups is 2. The molecule has 29 nitrogen and oxygen atoms in total. The summed E-state index contributed by atoms with van der Waals surface area (Å²) in [5.41, 5.74) is 9.27. The van der Waals surface area contributed by atoms with E-state index < -0.39 is 179 Å². The summed E-state index contributed by atoms with van der Waals surface area (Å²) in [5, 5.41) is 48.8. The molecule has 0 bridgehead atoms. The number of aromatic amines is 1. The fraction of sp³-hybridized carbons (Fsp3) is 0.600. The van der Waals surface area contributed by atoms with Crippen LogP contribution in [0.2, 0.25) is 0 Å². The number of rotatable bonds is 28. The maximum atomic E-state index is 15.5. The van der Waals surface area contributed by atoms with Gasteiger partial charge in [-0.25, -0.2) is 0 Å². The molecule has 11 amide bonds. The van der Waals surface area contributed by atoms with Crippen molar-refractivity contribution in [3.05, 3.63) is 84.1 Å². The van der Waals surface area contributed by atoms with Crippen LogP contribution in [0, 0.1) is 23.7 Å². The summed E-state index contributed by atoms with van der Waals surface area (Å²) in [6.45, 7) is 15.7. The summed E-state index contributed by atoms with van der Waals surface area (Å²) in [6.07, 6.45) is 6.97. The number of aliphatic hydroxyl groups excluding tert-OH is 2. The van der Waals surface area contributed by atoms with Gasteiger partial charge < -0.3 is 79.8 Å². The lowest BCUT2D eigenvalue weighted by atomic mass is 9.82. The lowest BCUT2D eigenvalue weighted by molar-refractivity contribution is -0.141. The first-order valence-corrected chi connectivity index (χ1v) is 36.2. The van der Waals surface area contributed by atoms with Gasteiger partial charge in [0.2, 0.25) is 76.5 Å². The Kier molecular flexibility index (Phi) is 35.6. The van der Waals surface area contributed by atoms with E-state index in [1.165, 1.54) is 48.5 Å². The molecule has 2 unspecified atom stereocenters. The number of carbonyl (C=O) groups is 14. The van der Waals surface area contributed by atoms with Gasteiger partial charge in [-0.05, 0) is 135 Å². The number of H-pyrrole nitrogens is 1. The summed E-state index contributed by atoms with van der Waals surface area (Å²) in [7, 11) is 0. The van der Waals surface area contributed by atoms with Gasteiger partial charge in [-0.15, -0.1) is 0 Å². The van der Waals surface area contributed by atoms with E-state index in [0.29, 0.717) is 62.5 Å². The van der Waals surface area contributed by atoms with Crippen LogP contribution in [0.1, 0.15) is 184 Å². The number of hydrogen-bond donors (Lipinski definition) is 15. The van der Waals surface area contributed by atoms with E-state index in [1.807, 2.05) is 58.0 Å². The van der Waals surface area contributed by atoms with Gasteiger partial charge in [0.15, 0.2) is 5.78 Å². The number of carbonyl (C=O) groups excluding carboxylic acids is 14. The first-order valence-electron chi connectivity index (χ1n) is 36.2. The molecule has 574 valence electrons. The van der Waals surface area contributed by atoms with Gasteiger partial charge in [0.05, 0.1) is 36.3 Å². The number of nitrogens with two attached hydrogens (primary N) is 2. The van der Waals surface area contributed by atoms with Crippen LogP contribution >= 0.6 is 0 Å². The van der Waals surface area contributed by atoms with E-state index in [4.69, 9.17) is 11.5 Å². The predicted molar refractivity (Wildman–Crippen MR) is 390 cm³/mol. The molecule has 2 heterocycles. The largest absolute Gasteiger partial charge is 0.394 e. The van der Waals surface area contributed by atoms with Crippen molar-refractivity contribution in [2.75, 3.05) is 13.2 Å². The standard InChI is InChI=1S/C75H113N13O16/c1-43(2)30-31-51-40-79-56(32-33-61(76)93)64(95)63(94)45(5)80-67(98)52(38-53-41-78-55-29-23-22-28-54(53)55)39-60(92)74(10,88-71(102)58(37-50-26-20-19-21-27-50)84-72(103)62(48(8)90)86-69(100)57(36-44(3)4)83-49(9)91)34-24-17-15-13-12-14-16-18-25-35-75(11,87-68(51)99)73(104)85-59(42-89)70(101)82-47(7)66(97)81-46(6)65(77)96/h14,16,19-23,26-29,41,43-48,51-52,56-59,62,78-79,89-90H,12-13,15,17-18,24-25,30-40,42H2,1-11H3,(H2,76,93)(H2,77,96)(H,80,98)(H,81,97)(H,82,101)(H,83,91)(H,84,103)(H,85,104)(H,86,100)(H,87,99)(H,88,102)/b16-14-/t45?,46-,47?,48+,51+,52+,56-,57-,58-,59-,62-,74-,75-/m0/s1. The summed E-state index contributed by atoms with van der Waals surface area (Å²) < 4.78 is 0. The molecule has 0 spiro atoms. The van der Waals surface area contributed by atoms with Crippen LogP contribution in [-0.2, 0) is 80.0 Å². The molecule has 29 heteroatoms. The van der Waals surface area contributed by atoms with Crippen LogP contribution in [0.4, 0.5) is 0 Å². The Bertz CT molecular complexity index is 3490. The van der Waals surface area contributed by atoms with Gasteiger partial charge in [-0.3, -0.25) is 67.1 Å². The highest BCUT2D eigenvalue weighted by Crippen LogP contribution is 2.28. The van der Waals surface area contributed by atoms with Gasteiger partial charge in [-0.2, -0.15) is 0 Å². The zero-order valence-electron chi connectivity index (χ0n) is 62.1. The third kappa shape index (κ3) is 28.4. The number of Topliss-reactive ketones (excluding diaryl/α,β-unsaturated/α-hetero) is 3. The van der Waals surface area contributed by atoms with Crippen molar-refractivity contribution in [1.29, 1.82) is 0 Å². The molecule has 0 fully saturated rings. The maximum Gasteiger partial charge on any atom is 0.246 e. The Labute approximate surface area is 609 Å². The number of allylic oxidation sites excluding steroid dienone is 2. The number of aromatic nitrogens is 1. The van der Waals surface area contributed by atoms with Gasteiger partial charge >= 0.3 is 0 Å². The van der Waals surface area contributed by atoms with Crippen LogP contribution < -0.4 is 64.6 Å². The van der Waals surface area contributed by atoms with Crippen molar-refractivity contribution < 1.29 is 77.3 Å². The van der Waals surface area contributed by atoms with E-state index in [9.17, 15) is 63.0 Å². The van der Waals surface area contributed by atoms with Crippen LogP contribution in [0.5, 0.6) is 0 Å². The minimum Gasteiger partial charge on any atom is -0.394 e. The molecule has 0 aliphatic carbocycles. The molecule has 0 saturated heterocycles. The molecule has 1 aromatic heterocycles. The predicted octanol–water partition coefficient (Wildman–Crippen LogP) is 2.15. The van der Waals surface area contributed by atoms with Crippen molar-refractivity contribution in [2.24, 2.45) is 35.1 Å². The average molecular weight is 1450 g/mol. The molecule has 3 aromatic rings. The minimum atomic E-state index is -1.78. The number of fused-ring (bicyclic) bond motifs is 1. The SMILES string of the molecule is CC(=O)N[C@@H](CC(C)C)C(=O)N[C@H](C(=O)N[C@@H](Cc1ccccc1)C(=O)N[C@@]1(C)CCCCCC/C=C\CCC[C@@](C)(C(=O)N[C@@H](CO)C(=O)NC(C)C(=O)N[C@@H](C)C(N)=O)NC(=O)[C@H](CCC(C)C)CN[C@@H](CCC(N)=O)C(=O)C(=O)C(C)NC(=O)[C@H](Cc2c[nH]c3ccccc23)CC1=O)[C@@H](C)O. The van der Waals surface area contributed by atoms with Crippen LogP contribution in [0.25, 0.3) is 10.9 Å². The molecule has 17 N–H and O–H groups in total. The number of ketones is 3. The van der Waals surface area contributed by atoms with E-state index in [1.54, 1.807) is 42.6 Å². The molecule has 13 atom stereocenters. The number of amides is 11. The van der Waals surface area contributed by atoms with E-state index in [2.05, 4.69) is 58.2 Å². The molecule has 4 rings (SSSR count). The Morgan fingerprint density at radius 2 is 1.28 bits per heavy atom. The minimum absolute atomic E-state index is 0.0165. The maximum absolute atomic E-state index is 15.5. The normalized spacial score (nSPS) is 22.7. The average Bonchev–Trinajstić information content (AvgIpc) is 1.42. The smallest absolute Gasteiger partial charge is 0.246 e. The van der Waals surface area contributed by atoms with E-state index in [-0.39, 0.29) is 63.3 Å². The second-order valence-electron chi connectivity index (χ2n) is 28.9. The van der Waals surface area contributed by atoms with Crippen LogP contribution in [0.3, 0.4) is 0 Å². The quantitative estimate of drug-likeness (QED) is 0.0366. The van der Waals surface area contributed by atoms with Gasteiger partial charge in [-0.1, -0.05) is 114 Å². The summed E-state index contributed by atoms with van der Waals surface area (Å²) >= 11 is 0. The Morgan fingerprint density at radius 1 is 0.644 bits per heavy atom. The van der Waals surface area contributed by atoms with Crippen molar-refractivity contribution in [3.8, 4) is 0 Å². The Morgan fingerprint density at radius 3 is 1.90 bits per heavy atom. The number of benzene rings is 2. The first-order chi connectivity index (χ1) is 49.0. The second kappa shape index (κ2) is 42.5. The lowest BCUT2D eigenvalue weighted by Crippen LogP contribution is -2.63. The third-order valence-corrected chi connectivity index (χ3v) is 18.7. The number of nitrogens with one attached hydrogen (secondary N) is 11. The fourth-order valence-electron chi connectivity index (χ4n) is 12.2. The van der Waals surface area contributed by atoms with Crippen molar-refractivity contribution in [3.63, 3.8) is 0 Å². The summed E-state index contributed by atoms with van der Waals surface area (Å²) in [6, 6.07) is 4.80. The molecule has 104 heavy (non-hydrogen) atoms. The van der Waals surface area contributed by atoms with Crippen LogP contribution in [0.15, 0.2) is 72.9 Å². The van der Waals surface area contributed by atoms with Gasteiger partial charge in [0.1, 0.15) is 41.8 Å². The zero-order chi connectivity index (χ0) is 77.6. The zero-order valence-corrected chi connectivity index (χ0v) is 62.1. The highest BCUT2D eigenvalue weighted by Gasteiger charge is 2.43. The lowest BCUT2D eigenvalue weighted by Gasteiger charge is -2.33. The molecular weight excluding hydrogens is 1340 g/mol. The number of hydrogen-bond acceptors (Lipinski definition) is 17. The number of primary amides is 2. The van der Waals surface area contributed by atoms with E-state index in [0.717, 1.165) is 10.9 Å². The van der Waals surface area contributed by atoms with Crippen molar-refractivity contribution >= 4 is 93.2 Å². The number of para-hydroxylation sites is 1. The Hall–Kier alpha value is -9.22. The van der Waals surface area contributed by atoms with Crippen LogP contribution in [-0.4, -0.2) is 176 Å². The molecule has 1 aliphatic heterocycles. The van der Waals surface area contributed by atoms with Crippen molar-refractivity contribution in [1.82, 2.24) is 58.2 Å². The highest BCUT2D eigenvalue weighted by molar-refractivity contribution is 6.41. The highest BCUT2D eigenvalue weighted by atomic mass is 16.3. The first kappa shape index (κ1) is 87.2. The molecule has 0 saturated carbocycles. The molecular formula is C75H113N13O16. The topological polar surface area (TPSA) is 468 Å². The monoisotopic (exact) mass is 1450 g/mol. The summed E-state index contributed by atoms with van der Waals surface area (Å²) in [4.78, 5) is 198. The molecule has 1 aliphatic rings. The third-order valence-electron chi connectivity index (χ3n) is 18.7. The second-order valence-corrected chi connectivity index (χ2v) is 28.9. The molecule has 2 aromatic carbocycles. The van der Waals surface area contributed by atoms with Crippen molar-refractivity contribution in [2.45, 2.75) is 251 Å². The Balaban J connectivity index is 1.80.